The van der Waals surface area contributed by atoms with Gasteiger partial charge in [-0.15, -0.1) is 0 Å². The van der Waals surface area contributed by atoms with E-state index >= 15 is 0 Å². The molecule has 0 bridgehead atoms. The molecule has 2 N–H and O–H groups in total. The van der Waals surface area contributed by atoms with Crippen molar-refractivity contribution in [2.24, 2.45) is 4.99 Å². The van der Waals surface area contributed by atoms with Crippen molar-refractivity contribution in [1.82, 2.24) is 10.6 Å². The minimum atomic E-state index is -0.0664. The minimum Gasteiger partial charge on any atom is -0.373 e. The molecule has 5 nitrogen and oxygen atoms in total. The van der Waals surface area contributed by atoms with Gasteiger partial charge in [-0.3, -0.25) is 4.99 Å². The van der Waals surface area contributed by atoms with Crippen LogP contribution in [0.4, 0.5) is 5.69 Å². The molecule has 0 aromatic heterocycles. The molecule has 2 aliphatic rings. The predicted octanol–water partition coefficient (Wildman–Crippen LogP) is 2.30. The highest BCUT2D eigenvalue weighted by Gasteiger charge is 2.29. The van der Waals surface area contributed by atoms with Crippen LogP contribution in [0, 0.1) is 0 Å². The van der Waals surface area contributed by atoms with Crippen molar-refractivity contribution in [3.05, 3.63) is 42.0 Å². The average molecular weight is 328 g/mol. The second kappa shape index (κ2) is 7.71. The van der Waals surface area contributed by atoms with Gasteiger partial charge in [0.2, 0.25) is 0 Å². The topological polar surface area (TPSA) is 48.9 Å². The summed E-state index contributed by atoms with van der Waals surface area (Å²) in [6, 6.07) is 8.73. The molecule has 1 unspecified atom stereocenters. The number of benzene rings is 1. The normalized spacial score (nSPS) is 23.8. The predicted molar refractivity (Wildman–Crippen MR) is 99.6 cm³/mol. The van der Waals surface area contributed by atoms with Crippen molar-refractivity contribution < 1.29 is 4.74 Å². The molecule has 0 amide bonds. The molecule has 0 saturated carbocycles. The lowest BCUT2D eigenvalue weighted by Crippen LogP contribution is -2.45. The largest absolute Gasteiger partial charge is 0.373 e. The smallest absolute Gasteiger partial charge is 0.191 e. The number of nitrogens with one attached hydrogen (secondary N) is 2. The maximum Gasteiger partial charge on any atom is 0.191 e. The second-order valence-corrected chi connectivity index (χ2v) is 6.72. The molecule has 1 aromatic carbocycles. The quantitative estimate of drug-likeness (QED) is 0.495. The molecule has 1 fully saturated rings. The van der Waals surface area contributed by atoms with Crippen LogP contribution in [0.5, 0.6) is 0 Å². The van der Waals surface area contributed by atoms with Crippen molar-refractivity contribution in [2.75, 3.05) is 38.2 Å². The molecule has 1 saturated heterocycles. The molecule has 2 heterocycles. The van der Waals surface area contributed by atoms with Gasteiger partial charge in [0.15, 0.2) is 5.96 Å². The number of hydrogen-bond donors (Lipinski definition) is 2. The fourth-order valence-electron chi connectivity index (χ4n) is 3.17. The van der Waals surface area contributed by atoms with Crippen LogP contribution in [0.15, 0.2) is 41.4 Å². The number of aliphatic imine (C=N–C) groups is 1. The molecule has 130 valence electrons. The summed E-state index contributed by atoms with van der Waals surface area (Å²) in [5, 5.41) is 6.75. The SMILES string of the molecule is CN=C(NCc1ccc(N2CC=CC2)cc1)NCC1(C)CCCO1. The maximum absolute atomic E-state index is 5.80. The molecule has 24 heavy (non-hydrogen) atoms. The van der Waals surface area contributed by atoms with E-state index in [9.17, 15) is 0 Å². The molecule has 5 heteroatoms. The van der Waals surface area contributed by atoms with E-state index < -0.39 is 0 Å². The summed E-state index contributed by atoms with van der Waals surface area (Å²) in [5.41, 5.74) is 2.46. The lowest BCUT2D eigenvalue weighted by Gasteiger charge is -2.24. The number of hydrogen-bond acceptors (Lipinski definition) is 3. The first-order valence-corrected chi connectivity index (χ1v) is 8.76. The molecule has 0 radical (unpaired) electrons. The Bertz CT molecular complexity index is 580. The highest BCUT2D eigenvalue weighted by Crippen LogP contribution is 2.23. The maximum atomic E-state index is 5.80. The van der Waals surface area contributed by atoms with Gasteiger partial charge in [-0.1, -0.05) is 24.3 Å². The third-order valence-electron chi connectivity index (χ3n) is 4.73. The third-order valence-corrected chi connectivity index (χ3v) is 4.73. The zero-order valence-electron chi connectivity index (χ0n) is 14.7. The van der Waals surface area contributed by atoms with E-state index in [2.05, 4.69) is 63.9 Å². The number of rotatable bonds is 5. The van der Waals surface area contributed by atoms with Crippen molar-refractivity contribution in [2.45, 2.75) is 31.9 Å². The van der Waals surface area contributed by atoms with Gasteiger partial charge in [0.05, 0.1) is 5.60 Å². The zero-order chi connectivity index (χ0) is 16.8. The lowest BCUT2D eigenvalue weighted by molar-refractivity contribution is 0.0243. The van der Waals surface area contributed by atoms with Crippen LogP contribution >= 0.6 is 0 Å². The van der Waals surface area contributed by atoms with Gasteiger partial charge in [-0.05, 0) is 37.5 Å². The second-order valence-electron chi connectivity index (χ2n) is 6.72. The van der Waals surface area contributed by atoms with Crippen LogP contribution in [0.25, 0.3) is 0 Å². The molecule has 1 atom stereocenters. The summed E-state index contributed by atoms with van der Waals surface area (Å²) in [5.74, 6) is 0.819. The summed E-state index contributed by atoms with van der Waals surface area (Å²) in [7, 11) is 1.80. The summed E-state index contributed by atoms with van der Waals surface area (Å²) in [4.78, 5) is 6.65. The molecule has 2 aliphatic heterocycles. The number of nitrogens with zero attached hydrogens (tertiary/aromatic N) is 2. The van der Waals surface area contributed by atoms with Gasteiger partial charge < -0.3 is 20.3 Å². The van der Waals surface area contributed by atoms with Crippen LogP contribution < -0.4 is 15.5 Å². The lowest BCUT2D eigenvalue weighted by atomic mass is 10.0. The van der Waals surface area contributed by atoms with Gasteiger partial charge in [-0.2, -0.15) is 0 Å². The molecule has 1 aromatic rings. The van der Waals surface area contributed by atoms with Crippen LogP contribution in [-0.2, 0) is 11.3 Å². The molecule has 3 rings (SSSR count). The van der Waals surface area contributed by atoms with E-state index in [1.165, 1.54) is 11.3 Å². The fraction of sp³-hybridized carbons (Fsp3) is 0.526. The van der Waals surface area contributed by atoms with Crippen molar-refractivity contribution in [3.63, 3.8) is 0 Å². The summed E-state index contributed by atoms with van der Waals surface area (Å²) < 4.78 is 5.80. The van der Waals surface area contributed by atoms with Crippen molar-refractivity contribution >= 4 is 11.6 Å². The average Bonchev–Trinajstić information content (AvgIpc) is 3.28. The minimum absolute atomic E-state index is 0.0664. The summed E-state index contributed by atoms with van der Waals surface area (Å²) >= 11 is 0. The third kappa shape index (κ3) is 4.29. The number of guanidine groups is 1. The van der Waals surface area contributed by atoms with Crippen LogP contribution in [0.2, 0.25) is 0 Å². The van der Waals surface area contributed by atoms with Gasteiger partial charge in [-0.25, -0.2) is 0 Å². The Labute approximate surface area is 144 Å². The summed E-state index contributed by atoms with van der Waals surface area (Å²) in [6.45, 7) is 6.59. The Morgan fingerprint density at radius 1 is 1.21 bits per heavy atom. The van der Waals surface area contributed by atoms with Crippen molar-refractivity contribution in [1.29, 1.82) is 0 Å². The van der Waals surface area contributed by atoms with Crippen LogP contribution in [0.3, 0.4) is 0 Å². The fourth-order valence-corrected chi connectivity index (χ4v) is 3.17. The van der Waals surface area contributed by atoms with Crippen LogP contribution in [0.1, 0.15) is 25.3 Å². The van der Waals surface area contributed by atoms with Gasteiger partial charge in [0.1, 0.15) is 0 Å². The Morgan fingerprint density at radius 2 is 1.96 bits per heavy atom. The first kappa shape index (κ1) is 16.8. The Balaban J connectivity index is 1.46. The monoisotopic (exact) mass is 328 g/mol. The molecule has 0 spiro atoms. The van der Waals surface area contributed by atoms with Gasteiger partial charge in [0, 0.05) is 45.5 Å². The number of ether oxygens (including phenoxy) is 1. The Kier molecular flexibility index (Phi) is 5.41. The van der Waals surface area contributed by atoms with E-state index in [1.54, 1.807) is 7.05 Å². The zero-order valence-corrected chi connectivity index (χ0v) is 14.7. The van der Waals surface area contributed by atoms with E-state index in [0.717, 1.165) is 51.6 Å². The standard InChI is InChI=1S/C19H28N4O/c1-19(10-5-13-24-19)15-22-18(20-2)21-14-16-6-8-17(9-7-16)23-11-3-4-12-23/h3-4,6-9H,5,10-15H2,1-2H3,(H2,20,21,22). The van der Waals surface area contributed by atoms with E-state index in [1.807, 2.05) is 0 Å². The molecule has 0 aliphatic carbocycles. The van der Waals surface area contributed by atoms with Crippen LogP contribution in [-0.4, -0.2) is 44.8 Å². The van der Waals surface area contributed by atoms with Gasteiger partial charge >= 0.3 is 0 Å². The summed E-state index contributed by atoms with van der Waals surface area (Å²) in [6.07, 6.45) is 6.66. The van der Waals surface area contributed by atoms with E-state index in [4.69, 9.17) is 4.74 Å². The van der Waals surface area contributed by atoms with E-state index in [-0.39, 0.29) is 5.60 Å². The highest BCUT2D eigenvalue weighted by molar-refractivity contribution is 5.79. The first-order valence-electron chi connectivity index (χ1n) is 8.76. The number of anilines is 1. The molecular formula is C19H28N4O. The first-order chi connectivity index (χ1) is 11.7. The molecular weight excluding hydrogens is 300 g/mol. The van der Waals surface area contributed by atoms with E-state index in [0.29, 0.717) is 0 Å². The Hall–Kier alpha value is -2.01. The highest BCUT2D eigenvalue weighted by atomic mass is 16.5. The Morgan fingerprint density at radius 3 is 2.58 bits per heavy atom. The van der Waals surface area contributed by atoms with Crippen molar-refractivity contribution in [3.8, 4) is 0 Å². The van der Waals surface area contributed by atoms with Gasteiger partial charge in [0.25, 0.3) is 0 Å².